The Morgan fingerprint density at radius 2 is 1.88 bits per heavy atom. The molecule has 1 N–H and O–H groups in total. The number of nitrogens with zero attached hydrogens (tertiary/aromatic N) is 1. The third kappa shape index (κ3) is 3.21. The van der Waals surface area contributed by atoms with Gasteiger partial charge >= 0.3 is 0 Å². The van der Waals surface area contributed by atoms with E-state index in [0.29, 0.717) is 23.1 Å². The molecule has 0 aromatic heterocycles. The van der Waals surface area contributed by atoms with Crippen molar-refractivity contribution < 1.29 is 14.3 Å². The largest absolute Gasteiger partial charge is 0.492 e. The van der Waals surface area contributed by atoms with Gasteiger partial charge in [-0.3, -0.25) is 9.59 Å². The maximum absolute atomic E-state index is 12.7. The molecule has 124 valence electrons. The number of para-hydroxylation sites is 2. The normalized spacial score (nSPS) is 17.2. The number of ether oxygens (including phenoxy) is 1. The van der Waals surface area contributed by atoms with Gasteiger partial charge in [-0.2, -0.15) is 0 Å². The third-order valence-corrected chi connectivity index (χ3v) is 3.99. The summed E-state index contributed by atoms with van der Waals surface area (Å²) in [6.45, 7) is 2.31. The fourth-order valence-corrected chi connectivity index (χ4v) is 2.79. The number of benzene rings is 2. The van der Waals surface area contributed by atoms with Crippen molar-refractivity contribution >= 4 is 34.8 Å². The van der Waals surface area contributed by atoms with Crippen molar-refractivity contribution in [1.82, 2.24) is 0 Å². The Morgan fingerprint density at radius 1 is 1.17 bits per heavy atom. The zero-order chi connectivity index (χ0) is 17.1. The Kier molecular flexibility index (Phi) is 4.71. The van der Waals surface area contributed by atoms with E-state index in [1.54, 1.807) is 42.5 Å². The summed E-state index contributed by atoms with van der Waals surface area (Å²) in [5.74, 6) is -0.0189. The Bertz CT molecular complexity index is 761. The SMILES string of the molecule is CCOc1ccccc1N1C(=O)CC(Nc2ccc(Cl)cc2)C1=O. The van der Waals surface area contributed by atoms with Crippen molar-refractivity contribution in [3.05, 3.63) is 53.6 Å². The molecular weight excluding hydrogens is 328 g/mol. The van der Waals surface area contributed by atoms with Crippen LogP contribution in [0, 0.1) is 0 Å². The van der Waals surface area contributed by atoms with Crippen LogP contribution in [-0.4, -0.2) is 24.5 Å². The minimum absolute atomic E-state index is 0.0991. The maximum atomic E-state index is 12.7. The Labute approximate surface area is 145 Å². The number of carbonyl (C=O) groups excluding carboxylic acids is 2. The van der Waals surface area contributed by atoms with Gasteiger partial charge in [0, 0.05) is 10.7 Å². The van der Waals surface area contributed by atoms with Crippen LogP contribution in [0.15, 0.2) is 48.5 Å². The number of nitrogens with one attached hydrogen (secondary N) is 1. The summed E-state index contributed by atoms with van der Waals surface area (Å²) in [5.41, 5.74) is 1.22. The average Bonchev–Trinajstić information content (AvgIpc) is 2.85. The number of imide groups is 1. The van der Waals surface area contributed by atoms with Crippen LogP contribution in [0.2, 0.25) is 5.02 Å². The number of hydrogen-bond donors (Lipinski definition) is 1. The monoisotopic (exact) mass is 344 g/mol. The van der Waals surface area contributed by atoms with Crippen LogP contribution < -0.4 is 15.0 Å². The second-order valence-corrected chi connectivity index (χ2v) is 5.81. The number of carbonyl (C=O) groups is 2. The van der Waals surface area contributed by atoms with Crippen LogP contribution in [0.3, 0.4) is 0 Å². The predicted octanol–water partition coefficient (Wildman–Crippen LogP) is 3.48. The molecule has 3 rings (SSSR count). The highest BCUT2D eigenvalue weighted by molar-refractivity contribution is 6.30. The summed E-state index contributed by atoms with van der Waals surface area (Å²) in [5, 5.41) is 3.70. The van der Waals surface area contributed by atoms with Crippen LogP contribution in [0.4, 0.5) is 11.4 Å². The molecule has 0 saturated carbocycles. The van der Waals surface area contributed by atoms with Gasteiger partial charge in [0.25, 0.3) is 5.91 Å². The van der Waals surface area contributed by atoms with Gasteiger partial charge in [0.15, 0.2) is 0 Å². The molecule has 1 fully saturated rings. The van der Waals surface area contributed by atoms with Crippen molar-refractivity contribution in [1.29, 1.82) is 0 Å². The van der Waals surface area contributed by atoms with Gasteiger partial charge < -0.3 is 10.1 Å². The fourth-order valence-electron chi connectivity index (χ4n) is 2.66. The Hall–Kier alpha value is -2.53. The van der Waals surface area contributed by atoms with Gasteiger partial charge in [-0.05, 0) is 43.3 Å². The van der Waals surface area contributed by atoms with Gasteiger partial charge in [-0.15, -0.1) is 0 Å². The van der Waals surface area contributed by atoms with E-state index in [0.717, 1.165) is 5.69 Å². The first-order chi connectivity index (χ1) is 11.6. The average molecular weight is 345 g/mol. The van der Waals surface area contributed by atoms with Crippen molar-refractivity contribution in [3.8, 4) is 5.75 Å². The molecule has 2 amide bonds. The summed E-state index contributed by atoms with van der Waals surface area (Å²) < 4.78 is 5.53. The first-order valence-electron chi connectivity index (χ1n) is 7.71. The molecule has 1 aliphatic heterocycles. The van der Waals surface area contributed by atoms with E-state index in [1.165, 1.54) is 4.90 Å². The van der Waals surface area contributed by atoms with Crippen LogP contribution in [0.5, 0.6) is 5.75 Å². The summed E-state index contributed by atoms with van der Waals surface area (Å²) in [6.07, 6.45) is 0.0991. The van der Waals surface area contributed by atoms with Gasteiger partial charge in [0.2, 0.25) is 5.91 Å². The van der Waals surface area contributed by atoms with E-state index in [-0.39, 0.29) is 18.2 Å². The minimum atomic E-state index is -0.603. The van der Waals surface area contributed by atoms with Gasteiger partial charge in [0.05, 0.1) is 18.7 Å². The van der Waals surface area contributed by atoms with Crippen LogP contribution in [0.1, 0.15) is 13.3 Å². The molecule has 2 aromatic rings. The molecule has 1 heterocycles. The molecule has 5 nitrogen and oxygen atoms in total. The summed E-state index contributed by atoms with van der Waals surface area (Å²) in [4.78, 5) is 26.3. The lowest BCUT2D eigenvalue weighted by molar-refractivity contribution is -0.121. The number of anilines is 2. The number of hydrogen-bond acceptors (Lipinski definition) is 4. The molecule has 2 aromatic carbocycles. The second-order valence-electron chi connectivity index (χ2n) is 5.38. The molecule has 1 atom stereocenters. The van der Waals surface area contributed by atoms with Crippen LogP contribution >= 0.6 is 11.6 Å². The quantitative estimate of drug-likeness (QED) is 0.844. The third-order valence-electron chi connectivity index (χ3n) is 3.74. The van der Waals surface area contributed by atoms with E-state index in [4.69, 9.17) is 16.3 Å². The van der Waals surface area contributed by atoms with Crippen LogP contribution in [0.25, 0.3) is 0 Å². The molecule has 1 saturated heterocycles. The molecule has 0 aliphatic carbocycles. The standard InChI is InChI=1S/C18H17ClN2O3/c1-2-24-16-6-4-3-5-15(16)21-17(22)11-14(18(21)23)20-13-9-7-12(19)8-10-13/h3-10,14,20H,2,11H2,1H3. The second kappa shape index (κ2) is 6.93. The highest BCUT2D eigenvalue weighted by atomic mass is 35.5. The number of rotatable bonds is 5. The molecule has 0 bridgehead atoms. The molecule has 1 aliphatic rings. The zero-order valence-electron chi connectivity index (χ0n) is 13.2. The molecule has 24 heavy (non-hydrogen) atoms. The topological polar surface area (TPSA) is 58.6 Å². The lowest BCUT2D eigenvalue weighted by Gasteiger charge is -2.19. The highest BCUT2D eigenvalue weighted by Gasteiger charge is 2.40. The predicted molar refractivity (Wildman–Crippen MR) is 93.6 cm³/mol. The van der Waals surface area contributed by atoms with E-state index in [2.05, 4.69) is 5.32 Å². The number of halogens is 1. The van der Waals surface area contributed by atoms with Crippen LogP contribution in [-0.2, 0) is 9.59 Å². The fraction of sp³-hybridized carbons (Fsp3) is 0.222. The maximum Gasteiger partial charge on any atom is 0.256 e. The van der Waals surface area contributed by atoms with Crippen molar-refractivity contribution in [3.63, 3.8) is 0 Å². The molecule has 6 heteroatoms. The lowest BCUT2D eigenvalue weighted by atomic mass is 10.2. The van der Waals surface area contributed by atoms with Gasteiger partial charge in [0.1, 0.15) is 11.8 Å². The first-order valence-corrected chi connectivity index (χ1v) is 8.08. The summed E-state index contributed by atoms with van der Waals surface area (Å²) in [6, 6.07) is 13.5. The van der Waals surface area contributed by atoms with E-state index < -0.39 is 6.04 Å². The van der Waals surface area contributed by atoms with E-state index in [9.17, 15) is 9.59 Å². The Morgan fingerprint density at radius 3 is 2.58 bits per heavy atom. The molecule has 0 spiro atoms. The first kappa shape index (κ1) is 16.3. The van der Waals surface area contributed by atoms with Gasteiger partial charge in [-0.1, -0.05) is 23.7 Å². The van der Waals surface area contributed by atoms with Crippen molar-refractivity contribution in [2.75, 3.05) is 16.8 Å². The van der Waals surface area contributed by atoms with E-state index in [1.807, 2.05) is 13.0 Å². The smallest absolute Gasteiger partial charge is 0.256 e. The lowest BCUT2D eigenvalue weighted by Crippen LogP contribution is -2.35. The summed E-state index contributed by atoms with van der Waals surface area (Å²) in [7, 11) is 0. The van der Waals surface area contributed by atoms with Crippen molar-refractivity contribution in [2.45, 2.75) is 19.4 Å². The minimum Gasteiger partial charge on any atom is -0.492 e. The molecule has 1 unspecified atom stereocenters. The van der Waals surface area contributed by atoms with Gasteiger partial charge in [-0.25, -0.2) is 4.90 Å². The highest BCUT2D eigenvalue weighted by Crippen LogP contribution is 2.32. The molecule has 0 radical (unpaired) electrons. The summed E-state index contributed by atoms with van der Waals surface area (Å²) >= 11 is 5.86. The zero-order valence-corrected chi connectivity index (χ0v) is 13.9. The molecular formula is C18H17ClN2O3. The van der Waals surface area contributed by atoms with Crippen molar-refractivity contribution in [2.24, 2.45) is 0 Å². The number of amides is 2. The van der Waals surface area contributed by atoms with E-state index >= 15 is 0 Å². The Balaban J connectivity index is 1.83.